The maximum Gasteiger partial charge on any atom is 0.315 e. The highest BCUT2D eigenvalue weighted by Crippen LogP contribution is 2.35. The van der Waals surface area contributed by atoms with Gasteiger partial charge in [0.05, 0.1) is 0 Å². The van der Waals surface area contributed by atoms with Crippen LogP contribution in [0.2, 0.25) is 0 Å². The molecular formula is C23H26N4O4. The number of nitrogens with zero attached hydrogens (tertiary/aromatic N) is 3. The number of aromatic nitrogens is 2. The van der Waals surface area contributed by atoms with Crippen LogP contribution in [0.25, 0.3) is 10.9 Å². The van der Waals surface area contributed by atoms with Crippen molar-refractivity contribution in [2.24, 2.45) is 13.0 Å². The number of likely N-dealkylation sites (tertiary alicyclic amines) is 1. The zero-order chi connectivity index (χ0) is 21.7. The van der Waals surface area contributed by atoms with Crippen LogP contribution >= 0.6 is 0 Å². The molecule has 31 heavy (non-hydrogen) atoms. The van der Waals surface area contributed by atoms with Crippen molar-refractivity contribution in [3.63, 3.8) is 0 Å². The van der Waals surface area contributed by atoms with Crippen molar-refractivity contribution in [3.05, 3.63) is 69.4 Å². The number of rotatable bonds is 4. The number of carbonyl (C=O) groups excluding carboxylic acids is 1. The lowest BCUT2D eigenvalue weighted by atomic mass is 9.83. The number of aryl methyl sites for hydroxylation is 2. The van der Waals surface area contributed by atoms with Gasteiger partial charge < -0.3 is 19.2 Å². The Bertz CT molecular complexity index is 1210. The predicted octanol–water partition coefficient (Wildman–Crippen LogP) is 1.32. The number of piperidine rings is 1. The van der Waals surface area contributed by atoms with E-state index in [1.165, 1.54) is 22.5 Å². The highest BCUT2D eigenvalue weighted by molar-refractivity contribution is 5.85. The molecule has 4 heterocycles. The number of carbonyl (C=O) groups is 1. The van der Waals surface area contributed by atoms with E-state index < -0.39 is 10.8 Å². The van der Waals surface area contributed by atoms with E-state index in [2.05, 4.69) is 22.9 Å². The maximum absolute atomic E-state index is 13.0. The third-order valence-corrected chi connectivity index (χ3v) is 6.78. The van der Waals surface area contributed by atoms with E-state index in [1.807, 2.05) is 24.1 Å². The van der Waals surface area contributed by atoms with E-state index in [0.29, 0.717) is 32.5 Å². The Hall–Kier alpha value is -2.94. The van der Waals surface area contributed by atoms with Gasteiger partial charge in [0, 0.05) is 67.9 Å². The van der Waals surface area contributed by atoms with E-state index in [1.54, 1.807) is 10.6 Å². The fraction of sp³-hybridized carbons (Fsp3) is 0.391. The second-order valence-corrected chi connectivity index (χ2v) is 8.77. The Morgan fingerprint density at radius 2 is 2.00 bits per heavy atom. The van der Waals surface area contributed by atoms with Crippen molar-refractivity contribution in [2.75, 3.05) is 13.1 Å². The summed E-state index contributed by atoms with van der Waals surface area (Å²) in [4.78, 5) is 27.5. The molecule has 1 fully saturated rings. The van der Waals surface area contributed by atoms with Gasteiger partial charge in [0.2, 0.25) is 11.6 Å². The van der Waals surface area contributed by atoms with Gasteiger partial charge >= 0.3 is 5.56 Å². The molecule has 3 atom stereocenters. The second-order valence-electron chi connectivity index (χ2n) is 8.77. The first kappa shape index (κ1) is 20.0. The number of pyridine rings is 1. The maximum atomic E-state index is 13.0. The van der Waals surface area contributed by atoms with Gasteiger partial charge in [0.25, 0.3) is 0 Å². The molecule has 2 unspecified atom stereocenters. The summed E-state index contributed by atoms with van der Waals surface area (Å²) in [6.45, 7) is 1.67. The molecule has 1 amide bonds. The first-order chi connectivity index (χ1) is 14.9. The lowest BCUT2D eigenvalue weighted by Gasteiger charge is -2.43. The van der Waals surface area contributed by atoms with Gasteiger partial charge in [-0.1, -0.05) is 18.2 Å². The molecule has 2 aliphatic rings. The summed E-state index contributed by atoms with van der Waals surface area (Å²) in [5, 5.41) is 20.5. The molecule has 0 aliphatic carbocycles. The first-order valence-electron chi connectivity index (χ1n) is 10.7. The van der Waals surface area contributed by atoms with Gasteiger partial charge in [-0.15, -0.1) is 0 Å². The largest absolute Gasteiger partial charge is 0.595 e. The van der Waals surface area contributed by atoms with Gasteiger partial charge in [-0.05, 0) is 36.5 Å². The Kier molecular flexibility index (Phi) is 4.92. The lowest BCUT2D eigenvalue weighted by Crippen LogP contribution is -3.00. The average molecular weight is 422 g/mol. The van der Waals surface area contributed by atoms with Crippen molar-refractivity contribution < 1.29 is 15.2 Å². The van der Waals surface area contributed by atoms with Crippen LogP contribution in [0.15, 0.2) is 47.4 Å². The standard InChI is InChI=1S/C23H26N4O4/c1-24-13-16(18-4-2-3-5-20(18)24)6-9-22(28)25-11-15-10-17(14-25)19-7-8-21(27(30)31)23(29)26(19)12-15/h2-5,7-8,13,15,17,27,30H,6,9-12,14H2,1H3/t15-,17?/m0/s1. The molecule has 3 aromatic rings. The van der Waals surface area contributed by atoms with Crippen LogP contribution in [0.3, 0.4) is 0 Å². The molecule has 1 saturated heterocycles. The van der Waals surface area contributed by atoms with Gasteiger partial charge in [0.15, 0.2) is 0 Å². The molecule has 2 aromatic heterocycles. The minimum atomic E-state index is -1.19. The molecule has 8 heteroatoms. The number of amides is 1. The molecule has 0 saturated carbocycles. The monoisotopic (exact) mass is 422 g/mol. The molecule has 0 spiro atoms. The third kappa shape index (κ3) is 3.46. The summed E-state index contributed by atoms with van der Waals surface area (Å²) >= 11 is 0. The number of para-hydroxylation sites is 1. The highest BCUT2D eigenvalue weighted by Gasteiger charge is 2.37. The van der Waals surface area contributed by atoms with E-state index >= 15 is 0 Å². The number of fused-ring (bicyclic) bond motifs is 5. The minimum Gasteiger partial charge on any atom is -0.595 e. The molecule has 1 aromatic carbocycles. The summed E-state index contributed by atoms with van der Waals surface area (Å²) in [6, 6.07) is 11.4. The van der Waals surface area contributed by atoms with Crippen LogP contribution in [-0.2, 0) is 24.8 Å². The Labute approximate surface area is 179 Å². The van der Waals surface area contributed by atoms with E-state index in [4.69, 9.17) is 0 Å². The summed E-state index contributed by atoms with van der Waals surface area (Å²) in [5.41, 5.74) is 2.57. The molecule has 0 radical (unpaired) electrons. The highest BCUT2D eigenvalue weighted by atomic mass is 16.8. The number of hydrogen-bond acceptors (Lipinski definition) is 4. The number of quaternary nitrogens is 1. The average Bonchev–Trinajstić information content (AvgIpc) is 3.08. The fourth-order valence-electron chi connectivity index (χ4n) is 5.34. The number of benzene rings is 1. The topological polar surface area (TPSA) is 95.0 Å². The van der Waals surface area contributed by atoms with Crippen molar-refractivity contribution in [2.45, 2.75) is 31.7 Å². The number of hydrogen-bond donors (Lipinski definition) is 2. The summed E-state index contributed by atoms with van der Waals surface area (Å²) in [7, 11) is 2.02. The SMILES string of the molecule is Cn1cc(CCC(=O)N2CC3C[C@@H](C2)Cn2c3ccc([NH+]([O-])O)c2=O)c2ccccc21. The smallest absolute Gasteiger partial charge is 0.315 e. The lowest BCUT2D eigenvalue weighted by molar-refractivity contribution is -0.992. The summed E-state index contributed by atoms with van der Waals surface area (Å²) < 4.78 is 3.71. The Morgan fingerprint density at radius 1 is 1.19 bits per heavy atom. The van der Waals surface area contributed by atoms with Gasteiger partial charge in [0.1, 0.15) is 0 Å². The molecule has 5 rings (SSSR count). The third-order valence-electron chi connectivity index (χ3n) is 6.78. The zero-order valence-electron chi connectivity index (χ0n) is 17.5. The van der Waals surface area contributed by atoms with E-state index in [0.717, 1.165) is 12.1 Å². The van der Waals surface area contributed by atoms with Crippen molar-refractivity contribution >= 4 is 22.5 Å². The molecule has 162 valence electrons. The Morgan fingerprint density at radius 3 is 2.81 bits per heavy atom. The fourth-order valence-corrected chi connectivity index (χ4v) is 5.34. The van der Waals surface area contributed by atoms with Crippen LogP contribution in [0, 0.1) is 11.1 Å². The van der Waals surface area contributed by atoms with Crippen LogP contribution < -0.4 is 10.8 Å². The van der Waals surface area contributed by atoms with Crippen molar-refractivity contribution in [1.29, 1.82) is 0 Å². The quantitative estimate of drug-likeness (QED) is 0.620. The molecular weight excluding hydrogens is 396 g/mol. The first-order valence-corrected chi connectivity index (χ1v) is 10.7. The predicted molar refractivity (Wildman–Crippen MR) is 115 cm³/mol. The minimum absolute atomic E-state index is 0.0737. The van der Waals surface area contributed by atoms with Crippen molar-refractivity contribution in [1.82, 2.24) is 14.0 Å². The zero-order valence-corrected chi connectivity index (χ0v) is 17.5. The van der Waals surface area contributed by atoms with Crippen LogP contribution in [0.5, 0.6) is 0 Å². The molecule has 2 bridgehead atoms. The van der Waals surface area contributed by atoms with E-state index in [-0.39, 0.29) is 23.4 Å². The molecule has 8 nitrogen and oxygen atoms in total. The van der Waals surface area contributed by atoms with Crippen LogP contribution in [-0.4, -0.2) is 38.2 Å². The van der Waals surface area contributed by atoms with Crippen LogP contribution in [0.4, 0.5) is 5.69 Å². The van der Waals surface area contributed by atoms with E-state index in [9.17, 15) is 20.0 Å². The molecule has 2 N–H and O–H groups in total. The summed E-state index contributed by atoms with van der Waals surface area (Å²) in [5.74, 6) is 0.389. The normalized spacial score (nSPS) is 21.2. The van der Waals surface area contributed by atoms with Gasteiger partial charge in [-0.3, -0.25) is 9.59 Å². The summed E-state index contributed by atoms with van der Waals surface area (Å²) in [6.07, 6.45) is 4.19. The second kappa shape index (κ2) is 7.64. The number of nitrogens with one attached hydrogen (secondary N) is 1. The van der Waals surface area contributed by atoms with Crippen LogP contribution in [0.1, 0.15) is 30.0 Å². The van der Waals surface area contributed by atoms with Gasteiger partial charge in [-0.2, -0.15) is 5.23 Å². The van der Waals surface area contributed by atoms with Crippen molar-refractivity contribution in [3.8, 4) is 0 Å². The van der Waals surface area contributed by atoms with Gasteiger partial charge in [-0.25, -0.2) is 5.21 Å². The Balaban J connectivity index is 1.31. The molecule has 2 aliphatic heterocycles.